The van der Waals surface area contributed by atoms with Crippen LogP contribution in [0.4, 0.5) is 5.69 Å². The maximum absolute atomic E-state index is 12.0. The van der Waals surface area contributed by atoms with Gasteiger partial charge in [-0.15, -0.1) is 10.2 Å². The average molecular weight is 346 g/mol. The summed E-state index contributed by atoms with van der Waals surface area (Å²) >= 11 is 0. The minimum absolute atomic E-state index is 0.137. The van der Waals surface area contributed by atoms with Crippen molar-refractivity contribution >= 4 is 33.4 Å². The number of amides is 1. The number of nitrogens with zero attached hydrogens (tertiary/aromatic N) is 3. The van der Waals surface area contributed by atoms with Crippen LogP contribution >= 0.6 is 0 Å². The van der Waals surface area contributed by atoms with E-state index in [4.69, 9.17) is 4.74 Å². The molecule has 128 valence electrons. The monoisotopic (exact) mass is 346 g/mol. The lowest BCUT2D eigenvalue weighted by Crippen LogP contribution is -2.08. The number of benzene rings is 2. The molecule has 0 aliphatic heterocycles. The van der Waals surface area contributed by atoms with Gasteiger partial charge in [-0.05, 0) is 18.2 Å². The fraction of sp³-hybridized carbons (Fsp3) is 0.0526. The molecule has 0 bridgehead atoms. The fourth-order valence-electron chi connectivity index (χ4n) is 2.68. The highest BCUT2D eigenvalue weighted by Crippen LogP contribution is 2.35. The van der Waals surface area contributed by atoms with Gasteiger partial charge < -0.3 is 14.8 Å². The summed E-state index contributed by atoms with van der Waals surface area (Å²) < 4.78 is 5.53. The van der Waals surface area contributed by atoms with Crippen LogP contribution in [0.1, 0.15) is 0 Å². The fourth-order valence-corrected chi connectivity index (χ4v) is 2.68. The molecule has 0 fully saturated rings. The molecule has 0 spiro atoms. The quantitative estimate of drug-likeness (QED) is 0.543. The van der Waals surface area contributed by atoms with E-state index in [1.807, 2.05) is 36.4 Å². The zero-order chi connectivity index (χ0) is 17.9. The van der Waals surface area contributed by atoms with E-state index in [0.29, 0.717) is 22.2 Å². The lowest BCUT2D eigenvalue weighted by molar-refractivity contribution is -0.120. The van der Waals surface area contributed by atoms with Gasteiger partial charge in [-0.1, -0.05) is 36.4 Å². The third-order valence-corrected chi connectivity index (χ3v) is 3.87. The molecule has 0 aliphatic rings. The van der Waals surface area contributed by atoms with Crippen LogP contribution in [0.3, 0.4) is 0 Å². The Bertz CT molecular complexity index is 1130. The molecule has 0 saturated heterocycles. The standard InChI is InChI=1S/C19H14N4O3/c24-16(11-26-15-9-3-5-12-6-4-10-20-17(12)15)22-23-18-13-7-1-2-8-14(13)21-19(18)25/h1-10,21,25H,11H2. The summed E-state index contributed by atoms with van der Waals surface area (Å²) in [6.45, 7) is -0.275. The van der Waals surface area contributed by atoms with Crippen molar-refractivity contribution in [3.63, 3.8) is 0 Å². The number of hydrogen-bond donors (Lipinski definition) is 2. The Hall–Kier alpha value is -3.74. The van der Waals surface area contributed by atoms with E-state index in [-0.39, 0.29) is 18.2 Å². The Labute approximate surface area is 148 Å². The maximum atomic E-state index is 12.0. The molecular weight excluding hydrogens is 332 g/mol. The highest BCUT2D eigenvalue weighted by molar-refractivity contribution is 5.94. The van der Waals surface area contributed by atoms with Gasteiger partial charge >= 0.3 is 5.91 Å². The molecule has 26 heavy (non-hydrogen) atoms. The zero-order valence-corrected chi connectivity index (χ0v) is 13.6. The van der Waals surface area contributed by atoms with Crippen LogP contribution in [0.25, 0.3) is 21.8 Å². The molecule has 0 unspecified atom stereocenters. The summed E-state index contributed by atoms with van der Waals surface area (Å²) in [4.78, 5) is 19.0. The predicted octanol–water partition coefficient (Wildman–Crippen LogP) is 4.11. The first-order chi connectivity index (χ1) is 12.7. The van der Waals surface area contributed by atoms with Crippen LogP contribution < -0.4 is 4.74 Å². The van der Waals surface area contributed by atoms with Crippen LogP contribution in [0.15, 0.2) is 71.0 Å². The third-order valence-electron chi connectivity index (χ3n) is 3.87. The normalized spacial score (nSPS) is 11.4. The van der Waals surface area contributed by atoms with Gasteiger partial charge in [0.1, 0.15) is 11.3 Å². The second kappa shape index (κ2) is 6.64. The first kappa shape index (κ1) is 15.8. The number of pyridine rings is 1. The molecule has 2 heterocycles. The van der Waals surface area contributed by atoms with Crippen molar-refractivity contribution in [1.29, 1.82) is 0 Å². The molecule has 2 aromatic heterocycles. The van der Waals surface area contributed by atoms with Crippen molar-refractivity contribution in [2.75, 3.05) is 6.61 Å². The number of hydrogen-bond acceptors (Lipinski definition) is 5. The first-order valence-corrected chi connectivity index (χ1v) is 7.93. The summed E-state index contributed by atoms with van der Waals surface area (Å²) in [7, 11) is 0. The maximum Gasteiger partial charge on any atom is 0.302 e. The van der Waals surface area contributed by atoms with E-state index in [2.05, 4.69) is 20.2 Å². The number of ether oxygens (including phenoxy) is 1. The molecule has 4 aromatic rings. The Kier molecular flexibility index (Phi) is 4.03. The number of carbonyl (C=O) groups is 1. The lowest BCUT2D eigenvalue weighted by Gasteiger charge is -2.06. The molecule has 7 heteroatoms. The number of aromatic hydroxyl groups is 1. The van der Waals surface area contributed by atoms with E-state index in [9.17, 15) is 9.90 Å². The summed E-state index contributed by atoms with van der Waals surface area (Å²) in [6.07, 6.45) is 1.66. The van der Waals surface area contributed by atoms with Crippen molar-refractivity contribution < 1.29 is 14.6 Å². The topological polar surface area (TPSA) is 99.9 Å². The lowest BCUT2D eigenvalue weighted by atomic mass is 10.2. The third kappa shape index (κ3) is 2.98. The van der Waals surface area contributed by atoms with Gasteiger partial charge in [-0.2, -0.15) is 0 Å². The average Bonchev–Trinajstić information content (AvgIpc) is 2.99. The van der Waals surface area contributed by atoms with Crippen molar-refractivity contribution in [3.8, 4) is 11.6 Å². The molecule has 1 amide bonds. The number of fused-ring (bicyclic) bond motifs is 2. The number of carbonyl (C=O) groups excluding carboxylic acids is 1. The first-order valence-electron chi connectivity index (χ1n) is 7.93. The largest absolute Gasteiger partial charge is 0.493 e. The van der Waals surface area contributed by atoms with Gasteiger partial charge in [-0.3, -0.25) is 9.78 Å². The van der Waals surface area contributed by atoms with Crippen LogP contribution in [0.5, 0.6) is 11.6 Å². The van der Waals surface area contributed by atoms with Crippen LogP contribution in [-0.2, 0) is 4.79 Å². The van der Waals surface area contributed by atoms with Gasteiger partial charge in [-0.25, -0.2) is 0 Å². The van der Waals surface area contributed by atoms with Gasteiger partial charge in [0.15, 0.2) is 12.3 Å². The summed E-state index contributed by atoms with van der Waals surface area (Å²) in [5.74, 6) is -0.203. The zero-order valence-electron chi connectivity index (χ0n) is 13.6. The minimum Gasteiger partial charge on any atom is -0.493 e. The van der Waals surface area contributed by atoms with Crippen LogP contribution in [0.2, 0.25) is 0 Å². The highest BCUT2D eigenvalue weighted by atomic mass is 16.5. The SMILES string of the molecule is O=C(COc1cccc2cccnc12)N=Nc1c(O)[nH]c2ccccc12. The molecule has 0 saturated carbocycles. The summed E-state index contributed by atoms with van der Waals surface area (Å²) in [6, 6.07) is 16.4. The van der Waals surface area contributed by atoms with Crippen molar-refractivity contribution in [2.45, 2.75) is 0 Å². The number of rotatable bonds is 4. The number of azo groups is 1. The molecule has 0 atom stereocenters. The minimum atomic E-state index is -0.567. The molecule has 2 aromatic carbocycles. The molecule has 0 radical (unpaired) electrons. The Morgan fingerprint density at radius 1 is 1.12 bits per heavy atom. The van der Waals surface area contributed by atoms with Gasteiger partial charge in [0.2, 0.25) is 5.88 Å². The van der Waals surface area contributed by atoms with Crippen LogP contribution in [-0.4, -0.2) is 27.6 Å². The molecule has 4 rings (SSSR count). The number of H-pyrrole nitrogens is 1. The number of nitrogens with one attached hydrogen (secondary N) is 1. The van der Waals surface area contributed by atoms with Crippen molar-refractivity contribution in [3.05, 3.63) is 60.8 Å². The molecule has 7 nitrogen and oxygen atoms in total. The van der Waals surface area contributed by atoms with E-state index in [1.165, 1.54) is 0 Å². The van der Waals surface area contributed by atoms with Gasteiger partial charge in [0.05, 0.1) is 5.52 Å². The van der Waals surface area contributed by atoms with Gasteiger partial charge in [0, 0.05) is 17.0 Å². The van der Waals surface area contributed by atoms with E-state index in [0.717, 1.165) is 5.39 Å². The summed E-state index contributed by atoms with van der Waals surface area (Å²) in [5, 5.41) is 19.0. The van der Waals surface area contributed by atoms with E-state index >= 15 is 0 Å². The molecular formula is C19H14N4O3. The van der Waals surface area contributed by atoms with E-state index in [1.54, 1.807) is 24.4 Å². The number of aromatic nitrogens is 2. The Morgan fingerprint density at radius 3 is 2.88 bits per heavy atom. The second-order valence-electron chi connectivity index (χ2n) is 5.58. The summed E-state index contributed by atoms with van der Waals surface area (Å²) in [5.41, 5.74) is 1.61. The highest BCUT2D eigenvalue weighted by Gasteiger charge is 2.11. The number of aromatic amines is 1. The molecule has 0 aliphatic carbocycles. The van der Waals surface area contributed by atoms with Crippen molar-refractivity contribution in [1.82, 2.24) is 9.97 Å². The Morgan fingerprint density at radius 2 is 1.96 bits per heavy atom. The van der Waals surface area contributed by atoms with E-state index < -0.39 is 5.91 Å². The second-order valence-corrected chi connectivity index (χ2v) is 5.58. The number of para-hydroxylation sites is 2. The van der Waals surface area contributed by atoms with Gasteiger partial charge in [0.25, 0.3) is 0 Å². The van der Waals surface area contributed by atoms with Crippen LogP contribution in [0, 0.1) is 0 Å². The molecule has 2 N–H and O–H groups in total. The smallest absolute Gasteiger partial charge is 0.302 e. The predicted molar refractivity (Wildman–Crippen MR) is 96.7 cm³/mol. The Balaban J connectivity index is 1.50. The van der Waals surface area contributed by atoms with Crippen molar-refractivity contribution in [2.24, 2.45) is 10.2 Å².